The SMILES string of the molecule is O=C(CCl)N1CCc2ccc(OC(F)F)cc2C1. The first-order chi connectivity index (χ1) is 8.60. The van der Waals surface area contributed by atoms with Crippen LogP contribution in [-0.4, -0.2) is 29.8 Å². The zero-order valence-corrected chi connectivity index (χ0v) is 10.3. The maximum absolute atomic E-state index is 12.1. The Morgan fingerprint density at radius 1 is 1.44 bits per heavy atom. The number of halogens is 3. The zero-order chi connectivity index (χ0) is 13.1. The summed E-state index contributed by atoms with van der Waals surface area (Å²) in [5.74, 6) is -0.103. The van der Waals surface area contributed by atoms with Crippen LogP contribution in [0.4, 0.5) is 8.78 Å². The Bertz CT molecular complexity index is 454. The van der Waals surface area contributed by atoms with Gasteiger partial charge in [0.25, 0.3) is 0 Å². The molecule has 18 heavy (non-hydrogen) atoms. The number of amides is 1. The molecule has 1 aliphatic rings. The molecule has 0 aliphatic carbocycles. The predicted octanol–water partition coefficient (Wildman–Crippen LogP) is 2.41. The van der Waals surface area contributed by atoms with Crippen LogP contribution in [0.3, 0.4) is 0 Å². The lowest BCUT2D eigenvalue weighted by Crippen LogP contribution is -2.36. The van der Waals surface area contributed by atoms with Crippen molar-refractivity contribution in [3.8, 4) is 5.75 Å². The average Bonchev–Trinajstić information content (AvgIpc) is 2.36. The third-order valence-corrected chi connectivity index (χ3v) is 3.11. The normalized spacial score (nSPS) is 14.6. The van der Waals surface area contributed by atoms with Crippen molar-refractivity contribution in [2.75, 3.05) is 12.4 Å². The molecule has 1 heterocycles. The molecule has 0 radical (unpaired) electrons. The maximum atomic E-state index is 12.1. The predicted molar refractivity (Wildman–Crippen MR) is 62.9 cm³/mol. The number of alkyl halides is 3. The fourth-order valence-electron chi connectivity index (χ4n) is 2.01. The minimum Gasteiger partial charge on any atom is -0.435 e. The highest BCUT2D eigenvalue weighted by Gasteiger charge is 2.20. The molecule has 1 amide bonds. The standard InChI is InChI=1S/C12H12ClF2NO2/c13-6-11(17)16-4-3-8-1-2-10(18-12(14)15)5-9(8)7-16/h1-2,5,12H,3-4,6-7H2. The fraction of sp³-hybridized carbons (Fsp3) is 0.417. The first-order valence-corrected chi connectivity index (χ1v) is 6.04. The Kier molecular flexibility index (Phi) is 4.01. The van der Waals surface area contributed by atoms with Gasteiger partial charge in [0.2, 0.25) is 5.91 Å². The summed E-state index contributed by atoms with van der Waals surface area (Å²) in [6.45, 7) is -1.85. The molecule has 0 N–H and O–H groups in total. The van der Waals surface area contributed by atoms with Gasteiger partial charge < -0.3 is 9.64 Å². The number of fused-ring (bicyclic) bond motifs is 1. The van der Waals surface area contributed by atoms with Crippen molar-refractivity contribution in [2.24, 2.45) is 0 Å². The number of ether oxygens (including phenoxy) is 1. The van der Waals surface area contributed by atoms with Gasteiger partial charge in [-0.25, -0.2) is 0 Å². The highest BCUT2D eigenvalue weighted by Crippen LogP contribution is 2.25. The number of hydrogen-bond acceptors (Lipinski definition) is 2. The van der Waals surface area contributed by atoms with E-state index in [9.17, 15) is 13.6 Å². The Morgan fingerprint density at radius 2 is 2.22 bits per heavy atom. The van der Waals surface area contributed by atoms with Crippen LogP contribution in [0, 0.1) is 0 Å². The van der Waals surface area contributed by atoms with Gasteiger partial charge in [0.05, 0.1) is 0 Å². The molecule has 1 aromatic carbocycles. The molecule has 0 fully saturated rings. The fourth-order valence-corrected chi connectivity index (χ4v) is 2.18. The van der Waals surface area contributed by atoms with E-state index in [1.54, 1.807) is 17.0 Å². The molecule has 1 aliphatic heterocycles. The molecule has 0 atom stereocenters. The summed E-state index contributed by atoms with van der Waals surface area (Å²) in [5.41, 5.74) is 1.88. The van der Waals surface area contributed by atoms with Crippen LogP contribution in [0.2, 0.25) is 0 Å². The van der Waals surface area contributed by atoms with Gasteiger partial charge >= 0.3 is 6.61 Å². The minimum atomic E-state index is -2.84. The van der Waals surface area contributed by atoms with Crippen molar-refractivity contribution in [3.05, 3.63) is 29.3 Å². The quantitative estimate of drug-likeness (QED) is 0.793. The van der Waals surface area contributed by atoms with E-state index in [-0.39, 0.29) is 17.5 Å². The summed E-state index contributed by atoms with van der Waals surface area (Å²) < 4.78 is 28.6. The van der Waals surface area contributed by atoms with Gasteiger partial charge in [0, 0.05) is 13.1 Å². The summed E-state index contributed by atoms with van der Waals surface area (Å²) in [7, 11) is 0. The van der Waals surface area contributed by atoms with Crippen molar-refractivity contribution in [2.45, 2.75) is 19.6 Å². The Morgan fingerprint density at radius 3 is 2.89 bits per heavy atom. The first-order valence-electron chi connectivity index (χ1n) is 5.50. The molecule has 6 heteroatoms. The Labute approximate surface area is 108 Å². The molecule has 0 bridgehead atoms. The summed E-state index contributed by atoms with van der Waals surface area (Å²) in [6.07, 6.45) is 0.701. The molecule has 0 saturated carbocycles. The Balaban J connectivity index is 2.16. The second-order valence-electron chi connectivity index (χ2n) is 4.01. The largest absolute Gasteiger partial charge is 0.435 e. The number of carbonyl (C=O) groups excluding carboxylic acids is 1. The van der Waals surface area contributed by atoms with Crippen molar-refractivity contribution in [1.29, 1.82) is 0 Å². The van der Waals surface area contributed by atoms with E-state index in [4.69, 9.17) is 11.6 Å². The topological polar surface area (TPSA) is 29.5 Å². The second-order valence-corrected chi connectivity index (χ2v) is 4.28. The van der Waals surface area contributed by atoms with Crippen LogP contribution in [-0.2, 0) is 17.8 Å². The summed E-state index contributed by atoms with van der Waals surface area (Å²) >= 11 is 5.50. The molecular formula is C12H12ClF2NO2. The van der Waals surface area contributed by atoms with E-state index in [1.807, 2.05) is 0 Å². The van der Waals surface area contributed by atoms with Gasteiger partial charge in [-0.05, 0) is 29.7 Å². The molecule has 2 rings (SSSR count). The lowest BCUT2D eigenvalue weighted by molar-refractivity contribution is -0.129. The third kappa shape index (κ3) is 2.90. The van der Waals surface area contributed by atoms with Gasteiger partial charge in [-0.2, -0.15) is 8.78 Å². The van der Waals surface area contributed by atoms with Crippen LogP contribution in [0.25, 0.3) is 0 Å². The molecule has 1 aromatic rings. The molecule has 0 unspecified atom stereocenters. The maximum Gasteiger partial charge on any atom is 0.387 e. The zero-order valence-electron chi connectivity index (χ0n) is 9.54. The summed E-state index contributed by atoms with van der Waals surface area (Å²) in [5, 5.41) is 0. The molecule has 0 spiro atoms. The van der Waals surface area contributed by atoms with E-state index in [0.29, 0.717) is 19.5 Å². The second kappa shape index (κ2) is 5.52. The summed E-state index contributed by atoms with van der Waals surface area (Å²) in [6, 6.07) is 4.83. The number of hydrogen-bond donors (Lipinski definition) is 0. The third-order valence-electron chi connectivity index (χ3n) is 2.88. The van der Waals surface area contributed by atoms with Crippen LogP contribution in [0.5, 0.6) is 5.75 Å². The smallest absolute Gasteiger partial charge is 0.387 e. The molecule has 0 saturated heterocycles. The highest BCUT2D eigenvalue weighted by atomic mass is 35.5. The number of nitrogens with zero attached hydrogens (tertiary/aromatic N) is 1. The monoisotopic (exact) mass is 275 g/mol. The van der Waals surface area contributed by atoms with Crippen molar-refractivity contribution in [1.82, 2.24) is 4.90 Å². The van der Waals surface area contributed by atoms with Crippen LogP contribution in [0.1, 0.15) is 11.1 Å². The molecule has 0 aromatic heterocycles. The Hall–Kier alpha value is -1.36. The number of benzene rings is 1. The number of carbonyl (C=O) groups is 1. The van der Waals surface area contributed by atoms with E-state index >= 15 is 0 Å². The van der Waals surface area contributed by atoms with Gasteiger partial charge in [-0.15, -0.1) is 11.6 Å². The molecule has 3 nitrogen and oxygen atoms in total. The minimum absolute atomic E-state index is 0.0669. The van der Waals surface area contributed by atoms with Crippen molar-refractivity contribution in [3.63, 3.8) is 0 Å². The van der Waals surface area contributed by atoms with E-state index < -0.39 is 6.61 Å². The van der Waals surface area contributed by atoms with E-state index in [2.05, 4.69) is 4.74 Å². The highest BCUT2D eigenvalue weighted by molar-refractivity contribution is 6.27. The van der Waals surface area contributed by atoms with Gasteiger partial charge in [0.15, 0.2) is 0 Å². The van der Waals surface area contributed by atoms with Crippen molar-refractivity contribution < 1.29 is 18.3 Å². The van der Waals surface area contributed by atoms with Crippen LogP contribution < -0.4 is 4.74 Å². The molecular weight excluding hydrogens is 264 g/mol. The van der Waals surface area contributed by atoms with Crippen molar-refractivity contribution >= 4 is 17.5 Å². The lowest BCUT2D eigenvalue weighted by atomic mass is 9.99. The lowest BCUT2D eigenvalue weighted by Gasteiger charge is -2.28. The van der Waals surface area contributed by atoms with E-state index in [1.165, 1.54) is 6.07 Å². The van der Waals surface area contributed by atoms with Gasteiger partial charge in [-0.3, -0.25) is 4.79 Å². The average molecular weight is 276 g/mol. The van der Waals surface area contributed by atoms with E-state index in [0.717, 1.165) is 11.1 Å². The first kappa shape index (κ1) is 13.1. The van der Waals surface area contributed by atoms with Gasteiger partial charge in [0.1, 0.15) is 11.6 Å². The molecule has 98 valence electrons. The number of rotatable bonds is 3. The summed E-state index contributed by atoms with van der Waals surface area (Å²) in [4.78, 5) is 13.1. The van der Waals surface area contributed by atoms with Gasteiger partial charge in [-0.1, -0.05) is 6.07 Å². The van der Waals surface area contributed by atoms with Crippen LogP contribution in [0.15, 0.2) is 18.2 Å². The van der Waals surface area contributed by atoms with Crippen LogP contribution >= 0.6 is 11.6 Å².